The summed E-state index contributed by atoms with van der Waals surface area (Å²) in [6.45, 7) is 1.32. The number of nitrogens with one attached hydrogen (secondary N) is 2. The normalized spacial score (nSPS) is 10.8. The first kappa shape index (κ1) is 23.1. The summed E-state index contributed by atoms with van der Waals surface area (Å²) in [5, 5.41) is 7.29. The molecule has 32 heavy (non-hydrogen) atoms. The molecule has 0 fully saturated rings. The SMILES string of the molecule is CNC(=O)c1cc(NC(=O)/C=C/c2csc(N(C(C)=O)c3ccccc3F)n2)ccc1Cl. The zero-order chi connectivity index (χ0) is 23.3. The van der Waals surface area contributed by atoms with Crippen LogP contribution in [0.3, 0.4) is 0 Å². The van der Waals surface area contributed by atoms with E-state index in [0.29, 0.717) is 11.4 Å². The number of carbonyl (C=O) groups is 3. The Bertz CT molecular complexity index is 1210. The second kappa shape index (κ2) is 10.2. The molecular formula is C22H18ClFN4O3S. The fraction of sp³-hybridized carbons (Fsp3) is 0.0909. The topological polar surface area (TPSA) is 91.4 Å². The van der Waals surface area contributed by atoms with E-state index < -0.39 is 17.6 Å². The Balaban J connectivity index is 1.74. The Hall–Kier alpha value is -3.56. The van der Waals surface area contributed by atoms with Crippen LogP contribution in [0.25, 0.3) is 6.08 Å². The Labute approximate surface area is 192 Å². The lowest BCUT2D eigenvalue weighted by atomic mass is 10.2. The number of hydrogen-bond donors (Lipinski definition) is 2. The van der Waals surface area contributed by atoms with Gasteiger partial charge in [0.2, 0.25) is 11.8 Å². The van der Waals surface area contributed by atoms with Crippen LogP contribution in [0.4, 0.5) is 20.9 Å². The number of hydrogen-bond acceptors (Lipinski definition) is 5. The number of rotatable bonds is 6. The molecule has 0 bridgehead atoms. The molecule has 1 aromatic heterocycles. The summed E-state index contributed by atoms with van der Waals surface area (Å²) >= 11 is 7.15. The number of amides is 3. The van der Waals surface area contributed by atoms with Crippen LogP contribution in [0, 0.1) is 5.82 Å². The summed E-state index contributed by atoms with van der Waals surface area (Å²) in [5.74, 6) is -1.77. The molecule has 0 saturated carbocycles. The zero-order valence-electron chi connectivity index (χ0n) is 17.1. The first-order valence-corrected chi connectivity index (χ1v) is 10.6. The van der Waals surface area contributed by atoms with Gasteiger partial charge in [-0.2, -0.15) is 0 Å². The predicted molar refractivity (Wildman–Crippen MR) is 124 cm³/mol. The van der Waals surface area contributed by atoms with E-state index in [1.807, 2.05) is 0 Å². The molecule has 0 aliphatic rings. The van der Waals surface area contributed by atoms with Gasteiger partial charge in [-0.3, -0.25) is 19.3 Å². The standard InChI is InChI=1S/C22H18ClFN4O3S/c1-13(29)28(19-6-4-3-5-18(19)24)22-27-15(12-32-22)8-10-20(30)26-14-7-9-17(23)16(11-14)21(31)25-2/h3-12H,1-2H3,(H,25,31)(H,26,30)/b10-8+. The Morgan fingerprint density at radius 2 is 1.94 bits per heavy atom. The molecule has 10 heteroatoms. The molecule has 3 amide bonds. The van der Waals surface area contributed by atoms with Gasteiger partial charge in [-0.25, -0.2) is 9.37 Å². The first-order chi connectivity index (χ1) is 15.3. The summed E-state index contributed by atoms with van der Waals surface area (Å²) in [6.07, 6.45) is 2.72. The number of anilines is 3. The fourth-order valence-corrected chi connectivity index (χ4v) is 3.80. The third-order valence-electron chi connectivity index (χ3n) is 4.22. The highest BCUT2D eigenvalue weighted by Gasteiger charge is 2.20. The van der Waals surface area contributed by atoms with Gasteiger partial charge in [0.1, 0.15) is 5.82 Å². The molecule has 0 aliphatic heterocycles. The van der Waals surface area contributed by atoms with E-state index in [1.54, 1.807) is 17.5 Å². The Kier molecular flexibility index (Phi) is 7.34. The molecule has 1 heterocycles. The number of thiazole rings is 1. The van der Waals surface area contributed by atoms with Crippen molar-refractivity contribution >= 4 is 63.2 Å². The summed E-state index contributed by atoms with van der Waals surface area (Å²) in [5.41, 5.74) is 1.14. The molecule has 2 N–H and O–H groups in total. The van der Waals surface area contributed by atoms with Gasteiger partial charge in [-0.1, -0.05) is 23.7 Å². The summed E-state index contributed by atoms with van der Waals surface area (Å²) in [4.78, 5) is 41.7. The number of benzene rings is 2. The van der Waals surface area contributed by atoms with E-state index in [0.717, 1.165) is 11.3 Å². The van der Waals surface area contributed by atoms with Crippen LogP contribution in [0.5, 0.6) is 0 Å². The number of para-hydroxylation sites is 1. The van der Waals surface area contributed by atoms with Crippen molar-refractivity contribution < 1.29 is 18.8 Å². The number of halogens is 2. The van der Waals surface area contributed by atoms with E-state index in [9.17, 15) is 18.8 Å². The summed E-state index contributed by atoms with van der Waals surface area (Å²) < 4.78 is 14.2. The van der Waals surface area contributed by atoms with Crippen molar-refractivity contribution in [3.63, 3.8) is 0 Å². The molecule has 3 rings (SSSR count). The van der Waals surface area contributed by atoms with Crippen LogP contribution >= 0.6 is 22.9 Å². The largest absolute Gasteiger partial charge is 0.355 e. The molecule has 0 atom stereocenters. The van der Waals surface area contributed by atoms with Gasteiger partial charge in [-0.15, -0.1) is 11.3 Å². The van der Waals surface area contributed by atoms with Crippen LogP contribution < -0.4 is 15.5 Å². The third kappa shape index (κ3) is 5.37. The van der Waals surface area contributed by atoms with Crippen LogP contribution in [-0.4, -0.2) is 29.8 Å². The molecule has 0 aliphatic carbocycles. The van der Waals surface area contributed by atoms with Crippen LogP contribution in [0.15, 0.2) is 53.9 Å². The number of carbonyl (C=O) groups excluding carboxylic acids is 3. The highest BCUT2D eigenvalue weighted by molar-refractivity contribution is 7.14. The second-order valence-corrected chi connectivity index (χ2v) is 7.70. The molecule has 164 valence electrons. The second-order valence-electron chi connectivity index (χ2n) is 6.46. The van der Waals surface area contributed by atoms with Crippen molar-refractivity contribution in [2.24, 2.45) is 0 Å². The first-order valence-electron chi connectivity index (χ1n) is 9.31. The van der Waals surface area contributed by atoms with Crippen LogP contribution in [0.1, 0.15) is 23.0 Å². The lowest BCUT2D eigenvalue weighted by Crippen LogP contribution is -2.23. The van der Waals surface area contributed by atoms with Crippen molar-refractivity contribution in [2.45, 2.75) is 6.92 Å². The number of nitrogens with zero attached hydrogens (tertiary/aromatic N) is 2. The van der Waals surface area contributed by atoms with E-state index in [4.69, 9.17) is 11.6 Å². The molecule has 0 spiro atoms. The van der Waals surface area contributed by atoms with E-state index >= 15 is 0 Å². The van der Waals surface area contributed by atoms with Crippen molar-refractivity contribution in [2.75, 3.05) is 17.3 Å². The van der Waals surface area contributed by atoms with Gasteiger partial charge in [-0.05, 0) is 36.4 Å². The van der Waals surface area contributed by atoms with E-state index in [2.05, 4.69) is 15.6 Å². The van der Waals surface area contributed by atoms with Crippen molar-refractivity contribution in [3.8, 4) is 0 Å². The van der Waals surface area contributed by atoms with Crippen molar-refractivity contribution in [1.29, 1.82) is 0 Å². The molecule has 2 aromatic carbocycles. The van der Waals surface area contributed by atoms with E-state index in [1.165, 1.54) is 61.4 Å². The Morgan fingerprint density at radius 3 is 2.62 bits per heavy atom. The summed E-state index contributed by atoms with van der Waals surface area (Å²) in [7, 11) is 1.48. The fourth-order valence-electron chi connectivity index (χ4n) is 2.75. The quantitative estimate of drug-likeness (QED) is 0.511. The van der Waals surface area contributed by atoms with Gasteiger partial charge in [0.25, 0.3) is 5.91 Å². The van der Waals surface area contributed by atoms with Gasteiger partial charge >= 0.3 is 0 Å². The zero-order valence-corrected chi connectivity index (χ0v) is 18.6. The lowest BCUT2D eigenvalue weighted by Gasteiger charge is -2.18. The maximum atomic E-state index is 14.2. The van der Waals surface area contributed by atoms with Gasteiger partial charge in [0, 0.05) is 31.1 Å². The monoisotopic (exact) mass is 472 g/mol. The minimum Gasteiger partial charge on any atom is -0.355 e. The smallest absolute Gasteiger partial charge is 0.252 e. The van der Waals surface area contributed by atoms with Crippen molar-refractivity contribution in [3.05, 3.63) is 76.0 Å². The summed E-state index contributed by atoms with van der Waals surface area (Å²) in [6, 6.07) is 10.4. The molecule has 7 nitrogen and oxygen atoms in total. The van der Waals surface area contributed by atoms with Gasteiger partial charge in [0.15, 0.2) is 5.13 Å². The molecule has 3 aromatic rings. The number of aromatic nitrogens is 1. The molecule has 0 radical (unpaired) electrons. The minimum atomic E-state index is -0.548. The molecular weight excluding hydrogens is 455 g/mol. The average Bonchev–Trinajstić information content (AvgIpc) is 3.23. The Morgan fingerprint density at radius 1 is 1.19 bits per heavy atom. The molecule has 0 saturated heterocycles. The van der Waals surface area contributed by atoms with Crippen molar-refractivity contribution in [1.82, 2.24) is 10.3 Å². The average molecular weight is 473 g/mol. The van der Waals surface area contributed by atoms with Crippen LogP contribution in [0.2, 0.25) is 5.02 Å². The minimum absolute atomic E-state index is 0.0947. The predicted octanol–water partition coefficient (Wildman–Crippen LogP) is 4.63. The maximum Gasteiger partial charge on any atom is 0.252 e. The lowest BCUT2D eigenvalue weighted by molar-refractivity contribution is -0.116. The molecule has 0 unspecified atom stereocenters. The van der Waals surface area contributed by atoms with Gasteiger partial charge in [0.05, 0.1) is 22.0 Å². The van der Waals surface area contributed by atoms with E-state index in [-0.39, 0.29) is 27.3 Å². The van der Waals surface area contributed by atoms with Crippen LogP contribution in [-0.2, 0) is 9.59 Å². The maximum absolute atomic E-state index is 14.2. The third-order valence-corrected chi connectivity index (χ3v) is 5.39. The van der Waals surface area contributed by atoms with Gasteiger partial charge < -0.3 is 10.6 Å². The highest BCUT2D eigenvalue weighted by atomic mass is 35.5. The highest BCUT2D eigenvalue weighted by Crippen LogP contribution is 2.31.